The van der Waals surface area contributed by atoms with Crippen molar-refractivity contribution >= 4 is 5.91 Å². The summed E-state index contributed by atoms with van der Waals surface area (Å²) >= 11 is 0. The minimum absolute atomic E-state index is 0.0823. The highest BCUT2D eigenvalue weighted by atomic mass is 16.3. The zero-order valence-electron chi connectivity index (χ0n) is 20.5. The van der Waals surface area contributed by atoms with Crippen molar-refractivity contribution in [3.8, 4) is 0 Å². The number of rotatable bonds is 22. The maximum Gasteiger partial charge on any atom is 0.220 e. The Labute approximate surface area is 192 Å². The zero-order chi connectivity index (χ0) is 23.0. The van der Waals surface area contributed by atoms with E-state index in [1.54, 1.807) is 6.08 Å². The van der Waals surface area contributed by atoms with Crippen molar-refractivity contribution in [2.24, 2.45) is 0 Å². The largest absolute Gasteiger partial charge is 0.394 e. The Hall–Kier alpha value is -1.13. The highest BCUT2D eigenvalue weighted by Gasteiger charge is 2.17. The van der Waals surface area contributed by atoms with Gasteiger partial charge in [0.1, 0.15) is 0 Å². The summed E-state index contributed by atoms with van der Waals surface area (Å²) in [7, 11) is 0. The molecule has 0 aliphatic heterocycles. The SMILES string of the molecule is CCC/C=C/CC/C=C/C(O)C(CO)NC(=O)CCCCCCCCCCCCCC. The number of hydrogen-bond donors (Lipinski definition) is 3. The molecule has 0 aliphatic rings. The molecule has 2 atom stereocenters. The summed E-state index contributed by atoms with van der Waals surface area (Å²) < 4.78 is 0. The molecular formula is C27H51NO3. The normalized spacial score (nSPS) is 13.8. The van der Waals surface area contributed by atoms with Crippen LogP contribution in [0.1, 0.15) is 123 Å². The monoisotopic (exact) mass is 437 g/mol. The van der Waals surface area contributed by atoms with Crippen LogP contribution in [0.25, 0.3) is 0 Å². The molecule has 0 aromatic heterocycles. The third kappa shape index (κ3) is 20.5. The average molecular weight is 438 g/mol. The number of aliphatic hydroxyl groups is 2. The second-order valence-corrected chi connectivity index (χ2v) is 8.75. The van der Waals surface area contributed by atoms with Crippen molar-refractivity contribution < 1.29 is 15.0 Å². The highest BCUT2D eigenvalue weighted by Crippen LogP contribution is 2.12. The van der Waals surface area contributed by atoms with Gasteiger partial charge in [-0.05, 0) is 25.7 Å². The van der Waals surface area contributed by atoms with Crippen molar-refractivity contribution in [2.45, 2.75) is 135 Å². The standard InChI is InChI=1S/C27H51NO3/c1-3-5-7-9-11-12-13-14-15-17-19-21-23-27(31)28-25(24-29)26(30)22-20-18-16-10-8-6-4-2/h8,10,20,22,25-26,29-30H,3-7,9,11-19,21,23-24H2,1-2H3,(H,28,31)/b10-8+,22-20+. The number of hydrogen-bond acceptors (Lipinski definition) is 3. The number of nitrogens with one attached hydrogen (secondary N) is 1. The number of carbonyl (C=O) groups excluding carboxylic acids is 1. The smallest absolute Gasteiger partial charge is 0.220 e. The number of unbranched alkanes of at least 4 members (excludes halogenated alkanes) is 13. The van der Waals surface area contributed by atoms with E-state index in [9.17, 15) is 15.0 Å². The van der Waals surface area contributed by atoms with Crippen LogP contribution in [0.15, 0.2) is 24.3 Å². The van der Waals surface area contributed by atoms with Gasteiger partial charge in [0, 0.05) is 6.42 Å². The lowest BCUT2D eigenvalue weighted by Gasteiger charge is -2.19. The van der Waals surface area contributed by atoms with Gasteiger partial charge in [-0.3, -0.25) is 4.79 Å². The molecule has 0 aliphatic carbocycles. The molecule has 0 spiro atoms. The molecule has 1 amide bonds. The number of aliphatic hydroxyl groups excluding tert-OH is 2. The van der Waals surface area contributed by atoms with Gasteiger partial charge in [0.05, 0.1) is 18.8 Å². The van der Waals surface area contributed by atoms with Gasteiger partial charge in [-0.1, -0.05) is 115 Å². The first-order valence-electron chi connectivity index (χ1n) is 13.1. The van der Waals surface area contributed by atoms with Crippen molar-refractivity contribution in [1.29, 1.82) is 0 Å². The summed E-state index contributed by atoms with van der Waals surface area (Å²) in [6.45, 7) is 4.15. The maximum atomic E-state index is 12.1. The molecule has 0 fully saturated rings. The lowest BCUT2D eigenvalue weighted by molar-refractivity contribution is -0.123. The highest BCUT2D eigenvalue weighted by molar-refractivity contribution is 5.76. The Morgan fingerprint density at radius 3 is 1.81 bits per heavy atom. The topological polar surface area (TPSA) is 69.6 Å². The summed E-state index contributed by atoms with van der Waals surface area (Å²) in [5.74, 6) is -0.0823. The van der Waals surface area contributed by atoms with E-state index in [2.05, 4.69) is 31.3 Å². The van der Waals surface area contributed by atoms with Crippen LogP contribution in [-0.4, -0.2) is 34.9 Å². The predicted octanol–water partition coefficient (Wildman–Crippen LogP) is 6.61. The van der Waals surface area contributed by atoms with Crippen LogP contribution < -0.4 is 5.32 Å². The Balaban J connectivity index is 3.72. The molecule has 4 nitrogen and oxygen atoms in total. The molecule has 31 heavy (non-hydrogen) atoms. The molecule has 182 valence electrons. The first kappa shape index (κ1) is 29.9. The lowest BCUT2D eigenvalue weighted by atomic mass is 10.0. The van der Waals surface area contributed by atoms with E-state index < -0.39 is 12.1 Å². The Morgan fingerprint density at radius 1 is 0.742 bits per heavy atom. The van der Waals surface area contributed by atoms with E-state index in [4.69, 9.17) is 0 Å². The summed E-state index contributed by atoms with van der Waals surface area (Å²) in [5, 5.41) is 22.5. The summed E-state index contributed by atoms with van der Waals surface area (Å²) in [4.78, 5) is 12.1. The Kier molecular flexibility index (Phi) is 22.7. The first-order chi connectivity index (χ1) is 15.2. The number of amides is 1. The molecule has 3 N–H and O–H groups in total. The second-order valence-electron chi connectivity index (χ2n) is 8.75. The minimum atomic E-state index is -0.851. The van der Waals surface area contributed by atoms with E-state index in [1.165, 1.54) is 64.2 Å². The van der Waals surface area contributed by atoms with Crippen molar-refractivity contribution in [3.63, 3.8) is 0 Å². The molecule has 0 saturated carbocycles. The Bertz CT molecular complexity index is 448. The van der Waals surface area contributed by atoms with Gasteiger partial charge in [-0.15, -0.1) is 0 Å². The van der Waals surface area contributed by atoms with Crippen molar-refractivity contribution in [2.75, 3.05) is 6.61 Å². The molecular weight excluding hydrogens is 386 g/mol. The van der Waals surface area contributed by atoms with E-state index in [0.29, 0.717) is 6.42 Å². The quantitative estimate of drug-likeness (QED) is 0.132. The second kappa shape index (κ2) is 23.5. The van der Waals surface area contributed by atoms with Gasteiger partial charge in [-0.25, -0.2) is 0 Å². The molecule has 4 heteroatoms. The van der Waals surface area contributed by atoms with Gasteiger partial charge in [-0.2, -0.15) is 0 Å². The van der Waals surface area contributed by atoms with Crippen LogP contribution >= 0.6 is 0 Å². The van der Waals surface area contributed by atoms with E-state index >= 15 is 0 Å². The maximum absolute atomic E-state index is 12.1. The van der Waals surface area contributed by atoms with Crippen molar-refractivity contribution in [3.05, 3.63) is 24.3 Å². The Morgan fingerprint density at radius 2 is 1.26 bits per heavy atom. The van der Waals surface area contributed by atoms with E-state index in [0.717, 1.165) is 38.5 Å². The van der Waals surface area contributed by atoms with Gasteiger partial charge in [0.15, 0.2) is 0 Å². The molecule has 0 aromatic carbocycles. The first-order valence-corrected chi connectivity index (χ1v) is 13.1. The molecule has 2 unspecified atom stereocenters. The van der Waals surface area contributed by atoms with E-state index in [-0.39, 0.29) is 12.5 Å². The number of allylic oxidation sites excluding steroid dienone is 3. The third-order valence-electron chi connectivity index (χ3n) is 5.67. The van der Waals surface area contributed by atoms with Crippen LogP contribution in [0.3, 0.4) is 0 Å². The fraction of sp³-hybridized carbons (Fsp3) is 0.815. The predicted molar refractivity (Wildman–Crippen MR) is 133 cm³/mol. The van der Waals surface area contributed by atoms with Gasteiger partial charge in [0.2, 0.25) is 5.91 Å². The van der Waals surface area contributed by atoms with Gasteiger partial charge < -0.3 is 15.5 Å². The average Bonchev–Trinajstić information content (AvgIpc) is 2.77. The molecule has 0 aromatic rings. The third-order valence-corrected chi connectivity index (χ3v) is 5.67. The van der Waals surface area contributed by atoms with Gasteiger partial charge >= 0.3 is 0 Å². The summed E-state index contributed by atoms with van der Waals surface area (Å²) in [6.07, 6.45) is 26.8. The molecule has 0 heterocycles. The summed E-state index contributed by atoms with van der Waals surface area (Å²) in [5.41, 5.74) is 0. The van der Waals surface area contributed by atoms with Crippen LogP contribution in [0, 0.1) is 0 Å². The van der Waals surface area contributed by atoms with Crippen LogP contribution in [-0.2, 0) is 4.79 Å². The minimum Gasteiger partial charge on any atom is -0.394 e. The van der Waals surface area contributed by atoms with Crippen LogP contribution in [0.2, 0.25) is 0 Å². The molecule has 0 saturated heterocycles. The molecule has 0 rings (SSSR count). The van der Waals surface area contributed by atoms with Crippen molar-refractivity contribution in [1.82, 2.24) is 5.32 Å². The number of carbonyl (C=O) groups is 1. The lowest BCUT2D eigenvalue weighted by Crippen LogP contribution is -2.45. The van der Waals surface area contributed by atoms with Gasteiger partial charge in [0.25, 0.3) is 0 Å². The fourth-order valence-electron chi connectivity index (χ4n) is 3.61. The summed E-state index contributed by atoms with van der Waals surface area (Å²) in [6, 6.07) is -0.628. The van der Waals surface area contributed by atoms with Crippen LogP contribution in [0.4, 0.5) is 0 Å². The zero-order valence-corrected chi connectivity index (χ0v) is 20.5. The molecule has 0 radical (unpaired) electrons. The van der Waals surface area contributed by atoms with Crippen LogP contribution in [0.5, 0.6) is 0 Å². The molecule has 0 bridgehead atoms. The fourth-order valence-corrected chi connectivity index (χ4v) is 3.61. The van der Waals surface area contributed by atoms with E-state index in [1.807, 2.05) is 6.08 Å².